The van der Waals surface area contributed by atoms with Crippen LogP contribution in [0.4, 0.5) is 5.69 Å². The Morgan fingerprint density at radius 2 is 1.55 bits per heavy atom. The van der Waals surface area contributed by atoms with Crippen LogP contribution in [0.15, 0.2) is 60.0 Å². The van der Waals surface area contributed by atoms with Crippen molar-refractivity contribution in [2.45, 2.75) is 13.8 Å². The van der Waals surface area contributed by atoms with Crippen molar-refractivity contribution in [2.75, 3.05) is 45.4 Å². The molecule has 8 nitrogen and oxygen atoms in total. The number of carbonyl (C=O) groups excluding carboxylic acids is 3. The van der Waals surface area contributed by atoms with E-state index in [1.807, 2.05) is 0 Å². The predicted molar refractivity (Wildman–Crippen MR) is 116 cm³/mol. The molecule has 8 heteroatoms. The molecule has 166 valence electrons. The Morgan fingerprint density at radius 3 is 2.13 bits per heavy atom. The quantitative estimate of drug-likeness (QED) is 0.438. The lowest BCUT2D eigenvalue weighted by atomic mass is 10.1. The monoisotopic (exact) mass is 428 g/mol. The molecular weight excluding hydrogens is 400 g/mol. The zero-order valence-electron chi connectivity index (χ0n) is 18.3. The Bertz CT molecular complexity index is 882. The molecule has 0 fully saturated rings. The topological polar surface area (TPSA) is 85.4 Å². The van der Waals surface area contributed by atoms with Crippen LogP contribution in [0.1, 0.15) is 24.2 Å². The highest BCUT2D eigenvalue weighted by molar-refractivity contribution is 6.05. The van der Waals surface area contributed by atoms with Gasteiger partial charge in [-0.1, -0.05) is 19.9 Å². The van der Waals surface area contributed by atoms with Crippen molar-refractivity contribution >= 4 is 23.6 Å². The Labute approximate surface area is 182 Å². The molecule has 0 amide bonds. The predicted octanol–water partition coefficient (Wildman–Crippen LogP) is 2.68. The summed E-state index contributed by atoms with van der Waals surface area (Å²) in [7, 11) is 2.47. The van der Waals surface area contributed by atoms with Crippen LogP contribution in [0.2, 0.25) is 0 Å². The van der Waals surface area contributed by atoms with Crippen LogP contribution in [-0.2, 0) is 23.8 Å². The Hall–Kier alpha value is -3.39. The first-order valence-corrected chi connectivity index (χ1v) is 10.0. The fourth-order valence-electron chi connectivity index (χ4n) is 3.01. The van der Waals surface area contributed by atoms with Crippen LogP contribution >= 0.6 is 0 Å². The number of rotatable bonds is 9. The molecule has 0 atom stereocenters. The number of ether oxygens (including phenoxy) is 3. The standard InChI is InChI=1S/C23H28N2O6/c1-5-24(6-2)15-16-31-21(26)17-10-12-18(13-11-17)25-14-8-7-9-19(22(27)29-3)20(25)23(28)30-4/h7-14H,5-6,15-16H2,1-4H3. The van der Waals surface area contributed by atoms with Crippen molar-refractivity contribution in [1.29, 1.82) is 0 Å². The number of hydrogen-bond acceptors (Lipinski definition) is 8. The van der Waals surface area contributed by atoms with Crippen molar-refractivity contribution in [3.8, 4) is 0 Å². The molecule has 0 aromatic heterocycles. The molecule has 0 spiro atoms. The van der Waals surface area contributed by atoms with Crippen molar-refractivity contribution in [2.24, 2.45) is 0 Å². The smallest absolute Gasteiger partial charge is 0.355 e. The van der Waals surface area contributed by atoms with Crippen LogP contribution in [0.25, 0.3) is 0 Å². The number of nitrogens with zero attached hydrogens (tertiary/aromatic N) is 2. The van der Waals surface area contributed by atoms with E-state index in [-0.39, 0.29) is 11.3 Å². The first-order valence-electron chi connectivity index (χ1n) is 10.0. The number of benzene rings is 1. The minimum Gasteiger partial charge on any atom is -0.465 e. The summed E-state index contributed by atoms with van der Waals surface area (Å²) in [6.07, 6.45) is 6.40. The normalized spacial score (nSPS) is 13.3. The summed E-state index contributed by atoms with van der Waals surface area (Å²) in [6.45, 7) is 6.88. The molecule has 31 heavy (non-hydrogen) atoms. The van der Waals surface area contributed by atoms with Gasteiger partial charge in [0.05, 0.1) is 25.4 Å². The number of likely N-dealkylation sites (N-methyl/N-ethyl adjacent to an activating group) is 1. The van der Waals surface area contributed by atoms with Gasteiger partial charge in [-0.25, -0.2) is 14.4 Å². The minimum atomic E-state index is -0.698. The summed E-state index contributed by atoms with van der Waals surface area (Å²) in [5.74, 6) is -1.79. The fraction of sp³-hybridized carbons (Fsp3) is 0.348. The van der Waals surface area contributed by atoms with Crippen molar-refractivity contribution < 1.29 is 28.6 Å². The van der Waals surface area contributed by atoms with Gasteiger partial charge in [0.25, 0.3) is 0 Å². The maximum Gasteiger partial charge on any atom is 0.355 e. The van der Waals surface area contributed by atoms with Gasteiger partial charge in [0.1, 0.15) is 12.3 Å². The Balaban J connectivity index is 2.24. The van der Waals surface area contributed by atoms with E-state index >= 15 is 0 Å². The van der Waals surface area contributed by atoms with Crippen molar-refractivity contribution in [1.82, 2.24) is 4.90 Å². The van der Waals surface area contributed by atoms with Gasteiger partial charge in [0.15, 0.2) is 0 Å². The number of esters is 3. The SMILES string of the molecule is CCN(CC)CCOC(=O)c1ccc(N2C=CC=CC(C(=O)OC)=C2C(=O)OC)cc1. The van der Waals surface area contributed by atoms with Crippen LogP contribution in [-0.4, -0.2) is 63.3 Å². The first-order chi connectivity index (χ1) is 15.0. The maximum absolute atomic E-state index is 12.5. The molecular formula is C23H28N2O6. The highest BCUT2D eigenvalue weighted by Crippen LogP contribution is 2.26. The van der Waals surface area contributed by atoms with E-state index in [9.17, 15) is 14.4 Å². The largest absolute Gasteiger partial charge is 0.465 e. The lowest BCUT2D eigenvalue weighted by Crippen LogP contribution is -2.28. The molecule has 0 aliphatic carbocycles. The van der Waals surface area contributed by atoms with Gasteiger partial charge in [0, 0.05) is 18.4 Å². The van der Waals surface area contributed by atoms with Gasteiger partial charge >= 0.3 is 17.9 Å². The highest BCUT2D eigenvalue weighted by Gasteiger charge is 2.27. The molecule has 1 heterocycles. The number of methoxy groups -OCH3 is 2. The molecule has 0 bridgehead atoms. The second-order valence-electron chi connectivity index (χ2n) is 6.53. The van der Waals surface area contributed by atoms with Crippen LogP contribution in [0.5, 0.6) is 0 Å². The van der Waals surface area contributed by atoms with Crippen LogP contribution in [0.3, 0.4) is 0 Å². The van der Waals surface area contributed by atoms with Gasteiger partial charge in [-0.15, -0.1) is 0 Å². The van der Waals surface area contributed by atoms with E-state index in [2.05, 4.69) is 18.7 Å². The third-order valence-electron chi connectivity index (χ3n) is 4.81. The second-order valence-corrected chi connectivity index (χ2v) is 6.53. The molecule has 0 unspecified atom stereocenters. The minimum absolute atomic E-state index is 0.00824. The summed E-state index contributed by atoms with van der Waals surface area (Å²) in [5, 5.41) is 0. The summed E-state index contributed by atoms with van der Waals surface area (Å²) < 4.78 is 15.0. The molecule has 0 N–H and O–H groups in total. The number of carbonyl (C=O) groups is 3. The molecule has 2 rings (SSSR count). The molecule has 0 saturated heterocycles. The van der Waals surface area contributed by atoms with E-state index in [1.165, 1.54) is 25.2 Å². The van der Waals surface area contributed by atoms with Crippen LogP contribution < -0.4 is 4.90 Å². The van der Waals surface area contributed by atoms with Gasteiger partial charge in [0.2, 0.25) is 0 Å². The first kappa shape index (κ1) is 23.9. The van der Waals surface area contributed by atoms with Crippen LogP contribution in [0, 0.1) is 0 Å². The summed E-state index contributed by atoms with van der Waals surface area (Å²) in [5.41, 5.74) is 1.01. The van der Waals surface area contributed by atoms with E-state index < -0.39 is 17.9 Å². The fourth-order valence-corrected chi connectivity index (χ4v) is 3.01. The zero-order valence-corrected chi connectivity index (χ0v) is 18.3. The Kier molecular flexibility index (Phi) is 9.02. The third-order valence-corrected chi connectivity index (χ3v) is 4.81. The number of allylic oxidation sites excluding steroid dienone is 2. The number of hydrogen-bond donors (Lipinski definition) is 0. The van der Waals surface area contributed by atoms with Crippen molar-refractivity contribution in [3.05, 3.63) is 65.5 Å². The molecule has 0 saturated carbocycles. The maximum atomic E-state index is 12.5. The zero-order chi connectivity index (χ0) is 22.8. The lowest BCUT2D eigenvalue weighted by Gasteiger charge is -2.23. The molecule has 1 aliphatic rings. The average molecular weight is 428 g/mol. The van der Waals surface area contributed by atoms with E-state index in [0.717, 1.165) is 13.1 Å². The van der Waals surface area contributed by atoms with Crippen molar-refractivity contribution in [3.63, 3.8) is 0 Å². The van der Waals surface area contributed by atoms with E-state index in [1.54, 1.807) is 42.6 Å². The Morgan fingerprint density at radius 1 is 0.903 bits per heavy atom. The van der Waals surface area contributed by atoms with Gasteiger partial charge in [-0.3, -0.25) is 0 Å². The van der Waals surface area contributed by atoms with Gasteiger partial charge in [-0.05, 0) is 49.5 Å². The van der Waals surface area contributed by atoms with Gasteiger partial charge < -0.3 is 24.0 Å². The summed E-state index contributed by atoms with van der Waals surface area (Å²) >= 11 is 0. The molecule has 1 aromatic carbocycles. The summed E-state index contributed by atoms with van der Waals surface area (Å²) in [4.78, 5) is 40.7. The molecule has 1 aromatic rings. The van der Waals surface area contributed by atoms with Gasteiger partial charge in [-0.2, -0.15) is 0 Å². The molecule has 1 aliphatic heterocycles. The lowest BCUT2D eigenvalue weighted by molar-refractivity contribution is -0.139. The number of anilines is 1. The summed E-state index contributed by atoms with van der Waals surface area (Å²) in [6, 6.07) is 6.53. The average Bonchev–Trinajstić information content (AvgIpc) is 3.04. The second kappa shape index (κ2) is 11.7. The third kappa shape index (κ3) is 6.05. The highest BCUT2D eigenvalue weighted by atomic mass is 16.5. The van der Waals surface area contributed by atoms with E-state index in [4.69, 9.17) is 14.2 Å². The molecule has 0 radical (unpaired) electrons. The van der Waals surface area contributed by atoms with E-state index in [0.29, 0.717) is 24.4 Å².